The normalized spacial score (nSPS) is 11.3. The van der Waals surface area contributed by atoms with E-state index < -0.39 is 0 Å². The van der Waals surface area contributed by atoms with E-state index in [0.717, 1.165) is 38.5 Å². The van der Waals surface area contributed by atoms with Gasteiger partial charge in [-0.05, 0) is 19.3 Å². The third kappa shape index (κ3) is 39.6. The molecule has 0 saturated heterocycles. The van der Waals surface area contributed by atoms with Crippen molar-refractivity contribution in [3.8, 4) is 0 Å². The molecule has 0 aliphatic heterocycles. The summed E-state index contributed by atoms with van der Waals surface area (Å²) in [4.78, 5) is 39.1. The number of carbonyl (C=O) groups excluding carboxylic acids is 3. The number of ether oxygens (including phenoxy) is 3. The van der Waals surface area contributed by atoms with Gasteiger partial charge in [-0.15, -0.1) is 0 Å². The lowest BCUT2D eigenvalue weighted by Gasteiger charge is -2.22. The smallest absolute Gasteiger partial charge is 0.305 e. The molecule has 0 aromatic heterocycles. The lowest BCUT2D eigenvalue weighted by Crippen LogP contribution is -2.35. The summed E-state index contributed by atoms with van der Waals surface area (Å²) in [6.07, 6.45) is 38.5. The van der Waals surface area contributed by atoms with Gasteiger partial charge in [0.1, 0.15) is 19.8 Å². The van der Waals surface area contributed by atoms with Crippen molar-refractivity contribution in [1.82, 2.24) is 4.90 Å². The minimum atomic E-state index is -0.148. The first-order valence-corrected chi connectivity index (χ1v) is 22.7. The summed E-state index contributed by atoms with van der Waals surface area (Å²) in [6, 6.07) is 0. The zero-order valence-electron chi connectivity index (χ0n) is 35.0. The zero-order chi connectivity index (χ0) is 38.0. The Hall–Kier alpha value is -1.63. The van der Waals surface area contributed by atoms with Gasteiger partial charge in [0.15, 0.2) is 0 Å². The maximum atomic E-state index is 12.4. The molecule has 7 heteroatoms. The highest BCUT2D eigenvalue weighted by Gasteiger charge is 2.12. The van der Waals surface area contributed by atoms with Gasteiger partial charge in [-0.25, -0.2) is 0 Å². The van der Waals surface area contributed by atoms with E-state index in [2.05, 4.69) is 25.7 Å². The first-order valence-electron chi connectivity index (χ1n) is 22.7. The molecule has 52 heavy (non-hydrogen) atoms. The summed E-state index contributed by atoms with van der Waals surface area (Å²) in [5.41, 5.74) is 0. The highest BCUT2D eigenvalue weighted by molar-refractivity contribution is 5.69. The predicted octanol–water partition coefficient (Wildman–Crippen LogP) is 12.9. The molecule has 0 saturated carbocycles. The molecule has 0 N–H and O–H groups in total. The molecule has 0 rings (SSSR count). The molecule has 0 bridgehead atoms. The lowest BCUT2D eigenvalue weighted by molar-refractivity contribution is -0.144. The Morgan fingerprint density at radius 3 is 0.712 bits per heavy atom. The van der Waals surface area contributed by atoms with E-state index in [1.165, 1.54) is 154 Å². The molecular formula is C45H87NO6. The average Bonchev–Trinajstić information content (AvgIpc) is 3.13. The van der Waals surface area contributed by atoms with Crippen molar-refractivity contribution >= 4 is 17.9 Å². The summed E-state index contributed by atoms with van der Waals surface area (Å²) < 4.78 is 16.6. The summed E-state index contributed by atoms with van der Waals surface area (Å²) in [5, 5.41) is 0. The van der Waals surface area contributed by atoms with Gasteiger partial charge in [0.05, 0.1) is 0 Å². The Bertz CT molecular complexity index is 675. The van der Waals surface area contributed by atoms with Crippen LogP contribution in [-0.2, 0) is 28.6 Å². The molecule has 7 nitrogen and oxygen atoms in total. The highest BCUT2D eigenvalue weighted by Crippen LogP contribution is 2.14. The maximum absolute atomic E-state index is 12.4. The minimum Gasteiger partial charge on any atom is -0.464 e. The van der Waals surface area contributed by atoms with Crippen LogP contribution >= 0.6 is 0 Å². The topological polar surface area (TPSA) is 82.1 Å². The van der Waals surface area contributed by atoms with Crippen LogP contribution in [0, 0.1) is 0 Å². The van der Waals surface area contributed by atoms with Crippen LogP contribution in [0.25, 0.3) is 0 Å². The molecule has 0 atom stereocenters. The lowest BCUT2D eigenvalue weighted by atomic mass is 10.1. The minimum absolute atomic E-state index is 0.148. The monoisotopic (exact) mass is 738 g/mol. The standard InChI is InChI=1S/C45H87NO6/c1-4-7-10-13-16-19-22-25-28-31-34-43(47)50-40-37-46(38-41-51-44(48)35-32-29-26-23-20-17-14-11-8-5-2)39-42-52-45(49)36-33-30-27-24-21-18-15-12-9-6-3/h4-42H2,1-3H3. The molecule has 0 unspecified atom stereocenters. The summed E-state index contributed by atoms with van der Waals surface area (Å²) in [6.45, 7) is 9.18. The molecule has 0 spiro atoms. The van der Waals surface area contributed by atoms with Crippen LogP contribution in [0.3, 0.4) is 0 Å². The highest BCUT2D eigenvalue weighted by atomic mass is 16.5. The van der Waals surface area contributed by atoms with E-state index in [9.17, 15) is 14.4 Å². The van der Waals surface area contributed by atoms with Gasteiger partial charge < -0.3 is 14.2 Å². The summed E-state index contributed by atoms with van der Waals surface area (Å²) in [7, 11) is 0. The van der Waals surface area contributed by atoms with Crippen molar-refractivity contribution in [3.63, 3.8) is 0 Å². The predicted molar refractivity (Wildman–Crippen MR) is 219 cm³/mol. The second-order valence-electron chi connectivity index (χ2n) is 15.3. The Kier molecular flexibility index (Phi) is 40.8. The SMILES string of the molecule is CCCCCCCCCCCCC(=O)OCCN(CCOC(=O)CCCCCCCCCCCC)CCOC(=O)CCCCCCCCCCCC. The van der Waals surface area contributed by atoms with Crippen molar-refractivity contribution in [2.24, 2.45) is 0 Å². The zero-order valence-corrected chi connectivity index (χ0v) is 35.0. The van der Waals surface area contributed by atoms with E-state index in [1.54, 1.807) is 0 Å². The fraction of sp³-hybridized carbons (Fsp3) is 0.933. The second-order valence-corrected chi connectivity index (χ2v) is 15.3. The largest absolute Gasteiger partial charge is 0.464 e. The van der Waals surface area contributed by atoms with Gasteiger partial charge in [0, 0.05) is 38.9 Å². The van der Waals surface area contributed by atoms with Crippen molar-refractivity contribution in [2.75, 3.05) is 39.5 Å². The van der Waals surface area contributed by atoms with Gasteiger partial charge in [0.25, 0.3) is 0 Å². The average molecular weight is 738 g/mol. The molecule has 0 heterocycles. The van der Waals surface area contributed by atoms with Crippen molar-refractivity contribution < 1.29 is 28.6 Å². The van der Waals surface area contributed by atoms with E-state index in [1.807, 2.05) is 0 Å². The molecule has 308 valence electrons. The van der Waals surface area contributed by atoms with Crippen LogP contribution in [-0.4, -0.2) is 62.3 Å². The van der Waals surface area contributed by atoms with Gasteiger partial charge in [-0.2, -0.15) is 0 Å². The second kappa shape index (κ2) is 42.1. The summed E-state index contributed by atoms with van der Waals surface area (Å²) in [5.74, 6) is -0.443. The van der Waals surface area contributed by atoms with Gasteiger partial charge >= 0.3 is 17.9 Å². The molecule has 0 aliphatic rings. The number of rotatable bonds is 42. The Morgan fingerprint density at radius 2 is 0.500 bits per heavy atom. The van der Waals surface area contributed by atoms with Gasteiger partial charge in [-0.1, -0.05) is 194 Å². The molecule has 0 aromatic rings. The van der Waals surface area contributed by atoms with Crippen LogP contribution in [0.4, 0.5) is 0 Å². The van der Waals surface area contributed by atoms with E-state index in [-0.39, 0.29) is 37.7 Å². The van der Waals surface area contributed by atoms with Crippen LogP contribution in [0.2, 0.25) is 0 Å². The molecule has 0 amide bonds. The van der Waals surface area contributed by atoms with Crippen LogP contribution in [0.1, 0.15) is 233 Å². The van der Waals surface area contributed by atoms with E-state index in [0.29, 0.717) is 38.9 Å². The number of hydrogen-bond donors (Lipinski definition) is 0. The number of nitrogens with zero attached hydrogens (tertiary/aromatic N) is 1. The van der Waals surface area contributed by atoms with Crippen LogP contribution in [0.5, 0.6) is 0 Å². The third-order valence-corrected chi connectivity index (χ3v) is 10.2. The maximum Gasteiger partial charge on any atom is 0.305 e. The summed E-state index contributed by atoms with van der Waals surface area (Å²) >= 11 is 0. The number of hydrogen-bond acceptors (Lipinski definition) is 7. The molecule has 0 aliphatic carbocycles. The molecule has 0 aromatic carbocycles. The van der Waals surface area contributed by atoms with Crippen LogP contribution < -0.4 is 0 Å². The van der Waals surface area contributed by atoms with Crippen molar-refractivity contribution in [2.45, 2.75) is 233 Å². The molecule has 0 radical (unpaired) electrons. The fourth-order valence-corrected chi connectivity index (χ4v) is 6.69. The van der Waals surface area contributed by atoms with Gasteiger partial charge in [0.2, 0.25) is 0 Å². The number of esters is 3. The number of unbranched alkanes of at least 4 members (excludes halogenated alkanes) is 27. The molecular weight excluding hydrogens is 650 g/mol. The van der Waals surface area contributed by atoms with Crippen LogP contribution in [0.15, 0.2) is 0 Å². The fourth-order valence-electron chi connectivity index (χ4n) is 6.69. The van der Waals surface area contributed by atoms with Gasteiger partial charge in [-0.3, -0.25) is 19.3 Å². The third-order valence-electron chi connectivity index (χ3n) is 10.2. The van der Waals surface area contributed by atoms with Crippen molar-refractivity contribution in [1.29, 1.82) is 0 Å². The Balaban J connectivity index is 4.29. The Morgan fingerprint density at radius 1 is 0.308 bits per heavy atom. The number of carbonyl (C=O) groups is 3. The van der Waals surface area contributed by atoms with E-state index >= 15 is 0 Å². The first kappa shape index (κ1) is 50.4. The van der Waals surface area contributed by atoms with E-state index in [4.69, 9.17) is 14.2 Å². The van der Waals surface area contributed by atoms with Crippen molar-refractivity contribution in [3.05, 3.63) is 0 Å². The Labute approximate surface area is 322 Å². The molecule has 0 fully saturated rings. The quantitative estimate of drug-likeness (QED) is 0.0350. The first-order chi connectivity index (χ1) is 25.5.